The number of aryl methyl sites for hydroxylation is 2. The molecule has 1 aromatic heterocycles. The Bertz CT molecular complexity index is 1390. The van der Waals surface area contributed by atoms with Gasteiger partial charge in [0.1, 0.15) is 11.3 Å². The van der Waals surface area contributed by atoms with E-state index in [0.29, 0.717) is 29.4 Å². The first kappa shape index (κ1) is 29.8. The van der Waals surface area contributed by atoms with Crippen LogP contribution >= 0.6 is 0 Å². The predicted octanol–water partition coefficient (Wildman–Crippen LogP) is 7.82. The Balaban J connectivity index is 1.33. The fourth-order valence-electron chi connectivity index (χ4n) is 5.48. The highest BCUT2D eigenvalue weighted by atomic mass is 16.5. The summed E-state index contributed by atoms with van der Waals surface area (Å²) < 4.78 is 11.8. The highest BCUT2D eigenvalue weighted by molar-refractivity contribution is 5.98. The molecule has 4 rings (SSSR count). The molecule has 40 heavy (non-hydrogen) atoms. The number of unbranched alkanes of at least 4 members (excludes halogenated alkanes) is 2. The second-order valence-corrected chi connectivity index (χ2v) is 11.6. The second-order valence-electron chi connectivity index (χ2n) is 11.6. The molecule has 0 bridgehead atoms. The van der Waals surface area contributed by atoms with Crippen LogP contribution < -0.4 is 15.7 Å². The van der Waals surface area contributed by atoms with Crippen LogP contribution in [0.3, 0.4) is 0 Å². The SMILES string of the molecule is CC(C)=CCc1cc(C(=O)Cc2cc3ccc(OCCCCCNC4CCCCC4)c(C)c3oc2=O)ccc1C. The van der Waals surface area contributed by atoms with Crippen molar-refractivity contribution in [2.24, 2.45) is 0 Å². The average Bonchev–Trinajstić information content (AvgIpc) is 2.94. The lowest BCUT2D eigenvalue weighted by molar-refractivity contribution is 0.0992. The standard InChI is InChI=1S/C35H45NO4/c1-24(2)13-15-27-21-28(16-14-25(27)3)32(37)23-30-22-29-17-18-33(26(4)34(29)40-35(30)38)39-20-10-6-9-19-36-31-11-7-5-8-12-31/h13-14,16-18,21-22,31,36H,5-12,15,19-20,23H2,1-4H3. The Morgan fingerprint density at radius 1 is 1.00 bits per heavy atom. The lowest BCUT2D eigenvalue weighted by Crippen LogP contribution is -2.31. The maximum atomic E-state index is 13.1. The van der Waals surface area contributed by atoms with Crippen LogP contribution in [-0.2, 0) is 12.8 Å². The highest BCUT2D eigenvalue weighted by Crippen LogP contribution is 2.27. The summed E-state index contributed by atoms with van der Waals surface area (Å²) in [5.74, 6) is 0.652. The zero-order valence-corrected chi connectivity index (χ0v) is 24.7. The average molecular weight is 544 g/mol. The number of allylic oxidation sites excluding steroid dienone is 2. The summed E-state index contributed by atoms with van der Waals surface area (Å²) >= 11 is 0. The summed E-state index contributed by atoms with van der Waals surface area (Å²) in [5.41, 5.74) is 5.38. The van der Waals surface area contributed by atoms with Crippen LogP contribution in [0, 0.1) is 13.8 Å². The molecule has 5 nitrogen and oxygen atoms in total. The van der Waals surface area contributed by atoms with Crippen LogP contribution in [0.5, 0.6) is 5.75 Å². The monoisotopic (exact) mass is 543 g/mol. The van der Waals surface area contributed by atoms with Crippen molar-refractivity contribution in [1.82, 2.24) is 5.32 Å². The van der Waals surface area contributed by atoms with Crippen LogP contribution in [-0.4, -0.2) is 25.0 Å². The van der Waals surface area contributed by atoms with Gasteiger partial charge in [0.2, 0.25) is 0 Å². The Morgan fingerprint density at radius 2 is 1.80 bits per heavy atom. The number of nitrogens with one attached hydrogen (secondary N) is 1. The van der Waals surface area contributed by atoms with Crippen molar-refractivity contribution in [2.75, 3.05) is 13.2 Å². The third-order valence-corrected chi connectivity index (χ3v) is 8.04. The minimum atomic E-state index is -0.469. The molecule has 1 heterocycles. The number of hydrogen-bond acceptors (Lipinski definition) is 5. The minimum absolute atomic E-state index is 0.0102. The predicted molar refractivity (Wildman–Crippen MR) is 164 cm³/mol. The van der Waals surface area contributed by atoms with Gasteiger partial charge < -0.3 is 14.5 Å². The van der Waals surface area contributed by atoms with E-state index in [1.807, 2.05) is 37.3 Å². The zero-order valence-electron chi connectivity index (χ0n) is 24.7. The van der Waals surface area contributed by atoms with Crippen LogP contribution in [0.15, 0.2) is 57.3 Å². The molecule has 5 heteroatoms. The molecule has 1 aliphatic rings. The van der Waals surface area contributed by atoms with Crippen LogP contribution in [0.25, 0.3) is 11.0 Å². The number of Topliss-reactive ketones (excluding diaryl/α,β-unsaturated/α-hetero) is 1. The third kappa shape index (κ3) is 8.17. The summed E-state index contributed by atoms with van der Waals surface area (Å²) in [4.78, 5) is 26.0. The molecular weight excluding hydrogens is 498 g/mol. The molecule has 1 fully saturated rings. The van der Waals surface area contributed by atoms with Crippen LogP contribution in [0.4, 0.5) is 0 Å². The molecule has 0 unspecified atom stereocenters. The molecular formula is C35H45NO4. The molecule has 1 N–H and O–H groups in total. The van der Waals surface area contributed by atoms with Crippen molar-refractivity contribution in [3.8, 4) is 5.75 Å². The Labute approximate surface area is 239 Å². The molecule has 2 aromatic carbocycles. The molecule has 0 aliphatic heterocycles. The summed E-state index contributed by atoms with van der Waals surface area (Å²) in [7, 11) is 0. The van der Waals surface area contributed by atoms with E-state index >= 15 is 0 Å². The number of benzene rings is 2. The lowest BCUT2D eigenvalue weighted by atomic mass is 9.95. The first-order chi connectivity index (χ1) is 19.3. The summed E-state index contributed by atoms with van der Waals surface area (Å²) in [6.45, 7) is 9.82. The summed E-state index contributed by atoms with van der Waals surface area (Å²) in [6.07, 6.45) is 13.0. The molecule has 3 aromatic rings. The number of carbonyl (C=O) groups excluding carboxylic acids is 1. The fraction of sp³-hybridized carbons (Fsp3) is 0.486. The molecule has 0 saturated heterocycles. The van der Waals surface area contributed by atoms with E-state index in [2.05, 4.69) is 32.2 Å². The van der Waals surface area contributed by atoms with E-state index in [9.17, 15) is 9.59 Å². The number of ether oxygens (including phenoxy) is 1. The van der Waals surface area contributed by atoms with Crippen molar-refractivity contribution < 1.29 is 13.9 Å². The van der Waals surface area contributed by atoms with Crippen molar-refractivity contribution in [3.05, 3.63) is 86.3 Å². The van der Waals surface area contributed by atoms with E-state index in [1.54, 1.807) is 6.07 Å². The second kappa shape index (κ2) is 14.5. The van der Waals surface area contributed by atoms with Gasteiger partial charge in [0.15, 0.2) is 5.78 Å². The molecule has 214 valence electrons. The van der Waals surface area contributed by atoms with Gasteiger partial charge in [-0.25, -0.2) is 4.79 Å². The van der Waals surface area contributed by atoms with Gasteiger partial charge in [-0.2, -0.15) is 0 Å². The van der Waals surface area contributed by atoms with Gasteiger partial charge in [-0.1, -0.05) is 43.0 Å². The molecule has 0 spiro atoms. The van der Waals surface area contributed by atoms with Crippen molar-refractivity contribution in [3.63, 3.8) is 0 Å². The fourth-order valence-corrected chi connectivity index (χ4v) is 5.48. The Kier molecular flexibility index (Phi) is 10.8. The van der Waals surface area contributed by atoms with E-state index < -0.39 is 5.63 Å². The molecule has 1 aliphatic carbocycles. The zero-order chi connectivity index (χ0) is 28.5. The highest BCUT2D eigenvalue weighted by Gasteiger charge is 2.16. The first-order valence-electron chi connectivity index (χ1n) is 15.0. The Hall–Kier alpha value is -3.18. The molecule has 0 radical (unpaired) electrons. The van der Waals surface area contributed by atoms with Crippen LogP contribution in [0.1, 0.15) is 97.8 Å². The van der Waals surface area contributed by atoms with Gasteiger partial charge in [-0.3, -0.25) is 4.79 Å². The number of carbonyl (C=O) groups is 1. The number of ketones is 1. The Morgan fingerprint density at radius 3 is 2.58 bits per heavy atom. The van der Waals surface area contributed by atoms with Crippen LogP contribution in [0.2, 0.25) is 0 Å². The van der Waals surface area contributed by atoms with Gasteiger partial charge in [0, 0.05) is 34.5 Å². The van der Waals surface area contributed by atoms with Gasteiger partial charge in [0.25, 0.3) is 0 Å². The van der Waals surface area contributed by atoms with Crippen molar-refractivity contribution in [1.29, 1.82) is 0 Å². The lowest BCUT2D eigenvalue weighted by Gasteiger charge is -2.22. The van der Waals surface area contributed by atoms with Crippen molar-refractivity contribution >= 4 is 16.8 Å². The molecule has 0 atom stereocenters. The van der Waals surface area contributed by atoms with Gasteiger partial charge in [-0.05, 0) is 108 Å². The number of rotatable bonds is 13. The summed E-state index contributed by atoms with van der Waals surface area (Å²) in [5, 5.41) is 4.50. The maximum absolute atomic E-state index is 13.1. The minimum Gasteiger partial charge on any atom is -0.493 e. The molecule has 0 amide bonds. The van der Waals surface area contributed by atoms with Crippen molar-refractivity contribution in [2.45, 2.75) is 97.9 Å². The normalized spacial score (nSPS) is 13.9. The number of fused-ring (bicyclic) bond motifs is 1. The number of hydrogen-bond donors (Lipinski definition) is 1. The van der Waals surface area contributed by atoms with E-state index in [0.717, 1.165) is 60.1 Å². The third-order valence-electron chi connectivity index (χ3n) is 8.04. The largest absolute Gasteiger partial charge is 0.493 e. The molecule has 1 saturated carbocycles. The summed E-state index contributed by atoms with van der Waals surface area (Å²) in [6, 6.07) is 12.1. The first-order valence-corrected chi connectivity index (χ1v) is 15.0. The topological polar surface area (TPSA) is 68.5 Å². The van der Waals surface area contributed by atoms with E-state index in [1.165, 1.54) is 37.7 Å². The van der Waals surface area contributed by atoms with Gasteiger partial charge >= 0.3 is 5.63 Å². The quantitative estimate of drug-likeness (QED) is 0.103. The van der Waals surface area contributed by atoms with E-state index in [-0.39, 0.29) is 12.2 Å². The van der Waals surface area contributed by atoms with E-state index in [4.69, 9.17) is 9.15 Å². The maximum Gasteiger partial charge on any atom is 0.339 e. The van der Waals surface area contributed by atoms with Gasteiger partial charge in [-0.15, -0.1) is 0 Å². The smallest absolute Gasteiger partial charge is 0.339 e. The van der Waals surface area contributed by atoms with Gasteiger partial charge in [0.05, 0.1) is 6.61 Å².